The Hall–Kier alpha value is -1.90. The molecule has 0 saturated carbocycles. The quantitative estimate of drug-likeness (QED) is 0.676. The molecule has 0 fully saturated rings. The molecule has 0 N–H and O–H groups in total. The van der Waals surface area contributed by atoms with E-state index in [0.717, 1.165) is 15.4 Å². The monoisotopic (exact) mass is 393 g/mol. The zero-order chi connectivity index (χ0) is 19.3. The largest absolute Gasteiger partial charge is 0.341 e. The lowest BCUT2D eigenvalue weighted by atomic mass is 10.1. The minimum Gasteiger partial charge on any atom is -0.341 e. The van der Waals surface area contributed by atoms with Crippen molar-refractivity contribution in [1.82, 2.24) is 14.2 Å². The Kier molecular flexibility index (Phi) is 6.80. The number of amides is 1. The Labute approximate surface area is 159 Å². The molecule has 0 spiro atoms. The summed E-state index contributed by atoms with van der Waals surface area (Å²) in [6.45, 7) is 2.58. The van der Waals surface area contributed by atoms with Crippen molar-refractivity contribution in [2.45, 2.75) is 23.4 Å². The highest BCUT2D eigenvalue weighted by molar-refractivity contribution is 7.99. The van der Waals surface area contributed by atoms with Crippen LogP contribution in [-0.4, -0.2) is 55.4 Å². The van der Waals surface area contributed by atoms with Crippen LogP contribution in [0, 0.1) is 6.92 Å². The number of aryl methyl sites for hydroxylation is 1. The molecule has 1 amide bonds. The molecule has 0 bridgehead atoms. The van der Waals surface area contributed by atoms with E-state index in [1.165, 1.54) is 38.1 Å². The maximum atomic E-state index is 12.3. The normalized spacial score (nSPS) is 11.6. The average Bonchev–Trinajstić information content (AvgIpc) is 2.61. The van der Waals surface area contributed by atoms with E-state index in [4.69, 9.17) is 0 Å². The van der Waals surface area contributed by atoms with Crippen LogP contribution in [0.3, 0.4) is 0 Å². The van der Waals surface area contributed by atoms with E-state index in [0.29, 0.717) is 11.6 Å². The van der Waals surface area contributed by atoms with Crippen LogP contribution in [0.1, 0.15) is 11.1 Å². The number of aromatic nitrogens is 1. The molecule has 2 aromatic rings. The number of hydrogen-bond acceptors (Lipinski definition) is 5. The molecule has 0 saturated heterocycles. The van der Waals surface area contributed by atoms with Gasteiger partial charge in [0.1, 0.15) is 4.90 Å². The summed E-state index contributed by atoms with van der Waals surface area (Å²) in [5.41, 5.74) is 2.27. The highest BCUT2D eigenvalue weighted by Crippen LogP contribution is 2.19. The number of benzene rings is 1. The fourth-order valence-corrected chi connectivity index (χ4v) is 3.82. The van der Waals surface area contributed by atoms with Crippen molar-refractivity contribution in [3.05, 3.63) is 53.7 Å². The topological polar surface area (TPSA) is 70.6 Å². The zero-order valence-corrected chi connectivity index (χ0v) is 17.0. The summed E-state index contributed by atoms with van der Waals surface area (Å²) in [5, 5.41) is 0.611. The van der Waals surface area contributed by atoms with Crippen molar-refractivity contribution in [2.75, 3.05) is 26.9 Å². The van der Waals surface area contributed by atoms with Crippen LogP contribution in [0.5, 0.6) is 0 Å². The van der Waals surface area contributed by atoms with E-state index >= 15 is 0 Å². The Morgan fingerprint density at radius 1 is 1.12 bits per heavy atom. The summed E-state index contributed by atoms with van der Waals surface area (Å²) in [7, 11) is 1.23. The third kappa shape index (κ3) is 5.06. The van der Waals surface area contributed by atoms with E-state index in [2.05, 4.69) is 4.98 Å². The molecule has 1 aromatic carbocycles. The number of nitrogens with zero attached hydrogens (tertiary/aromatic N) is 3. The first-order valence-corrected chi connectivity index (χ1v) is 10.4. The Morgan fingerprint density at radius 2 is 1.81 bits per heavy atom. The fraction of sp³-hybridized carbons (Fsp3) is 0.333. The van der Waals surface area contributed by atoms with Gasteiger partial charge in [0.15, 0.2) is 0 Å². The van der Waals surface area contributed by atoms with E-state index < -0.39 is 10.0 Å². The lowest BCUT2D eigenvalue weighted by molar-refractivity contribution is -0.127. The number of carbonyl (C=O) groups excluding carboxylic acids is 1. The van der Waals surface area contributed by atoms with Gasteiger partial charge in [-0.3, -0.25) is 4.79 Å². The lowest BCUT2D eigenvalue weighted by Crippen LogP contribution is -2.28. The van der Waals surface area contributed by atoms with Gasteiger partial charge < -0.3 is 4.90 Å². The summed E-state index contributed by atoms with van der Waals surface area (Å²) in [6.07, 6.45) is 1.32. The molecular weight excluding hydrogens is 370 g/mol. The van der Waals surface area contributed by atoms with E-state index in [9.17, 15) is 13.2 Å². The highest BCUT2D eigenvalue weighted by atomic mass is 32.2. The average molecular weight is 394 g/mol. The van der Waals surface area contributed by atoms with Crippen LogP contribution in [-0.2, 0) is 21.4 Å². The first-order valence-electron chi connectivity index (χ1n) is 8.01. The van der Waals surface area contributed by atoms with Crippen molar-refractivity contribution in [2.24, 2.45) is 0 Å². The summed E-state index contributed by atoms with van der Waals surface area (Å²) in [6, 6.07) is 11.1. The maximum Gasteiger partial charge on any atom is 0.244 e. The van der Waals surface area contributed by atoms with E-state index in [1.807, 2.05) is 31.2 Å². The number of hydrogen-bond donors (Lipinski definition) is 0. The predicted molar refractivity (Wildman–Crippen MR) is 103 cm³/mol. The minimum absolute atomic E-state index is 0.00922. The van der Waals surface area contributed by atoms with Crippen LogP contribution < -0.4 is 0 Å². The van der Waals surface area contributed by atoms with Gasteiger partial charge in [-0.05, 0) is 30.2 Å². The van der Waals surface area contributed by atoms with Gasteiger partial charge in [0, 0.05) is 33.9 Å². The molecule has 0 aliphatic heterocycles. The second-order valence-electron chi connectivity index (χ2n) is 6.08. The SMILES string of the molecule is Cc1ccccc1CN(C)C(=O)CSc1ccc(S(=O)(=O)N(C)C)cn1. The Balaban J connectivity index is 1.94. The minimum atomic E-state index is -3.49. The Morgan fingerprint density at radius 3 is 2.38 bits per heavy atom. The predicted octanol–water partition coefficient (Wildman–Crippen LogP) is 2.39. The van der Waals surface area contributed by atoms with Crippen LogP contribution >= 0.6 is 11.8 Å². The number of sulfonamides is 1. The van der Waals surface area contributed by atoms with Crippen molar-refractivity contribution in [1.29, 1.82) is 0 Å². The van der Waals surface area contributed by atoms with E-state index in [-0.39, 0.29) is 16.6 Å². The number of rotatable bonds is 7. The molecule has 0 aliphatic rings. The molecule has 26 heavy (non-hydrogen) atoms. The fourth-order valence-electron chi connectivity index (χ4n) is 2.19. The van der Waals surface area contributed by atoms with Gasteiger partial charge in [0.2, 0.25) is 15.9 Å². The maximum absolute atomic E-state index is 12.3. The summed E-state index contributed by atoms with van der Waals surface area (Å²) in [4.78, 5) is 18.3. The van der Waals surface area contributed by atoms with Gasteiger partial charge in [-0.25, -0.2) is 17.7 Å². The van der Waals surface area contributed by atoms with Gasteiger partial charge in [-0.15, -0.1) is 0 Å². The summed E-state index contributed by atoms with van der Waals surface area (Å²) < 4.78 is 25.2. The standard InChI is InChI=1S/C18H23N3O3S2/c1-14-7-5-6-8-15(14)12-21(4)18(22)13-25-17-10-9-16(11-19-17)26(23,24)20(2)3/h5-11H,12-13H2,1-4H3. The lowest BCUT2D eigenvalue weighted by Gasteiger charge is -2.18. The third-order valence-corrected chi connectivity index (χ3v) is 6.65. The van der Waals surface area contributed by atoms with Crippen LogP contribution in [0.4, 0.5) is 0 Å². The van der Waals surface area contributed by atoms with Gasteiger partial charge in [0.25, 0.3) is 0 Å². The zero-order valence-electron chi connectivity index (χ0n) is 15.3. The molecule has 1 heterocycles. The molecule has 140 valence electrons. The molecule has 2 rings (SSSR count). The second-order valence-corrected chi connectivity index (χ2v) is 9.23. The first-order chi connectivity index (χ1) is 12.2. The first kappa shape index (κ1) is 20.4. The molecule has 0 atom stereocenters. The molecular formula is C18H23N3O3S2. The molecule has 1 aromatic heterocycles. The second kappa shape index (κ2) is 8.66. The summed E-state index contributed by atoms with van der Waals surface area (Å²) in [5.74, 6) is 0.236. The molecule has 8 heteroatoms. The van der Waals surface area contributed by atoms with Crippen LogP contribution in [0.25, 0.3) is 0 Å². The summed E-state index contributed by atoms with van der Waals surface area (Å²) >= 11 is 1.29. The van der Waals surface area contributed by atoms with Gasteiger partial charge in [-0.1, -0.05) is 36.0 Å². The smallest absolute Gasteiger partial charge is 0.244 e. The number of pyridine rings is 1. The van der Waals surface area contributed by atoms with Crippen LogP contribution in [0.2, 0.25) is 0 Å². The van der Waals surface area contributed by atoms with Crippen molar-refractivity contribution >= 4 is 27.7 Å². The highest BCUT2D eigenvalue weighted by Gasteiger charge is 2.17. The van der Waals surface area contributed by atoms with E-state index in [1.54, 1.807) is 18.0 Å². The third-order valence-electron chi connectivity index (χ3n) is 3.93. The van der Waals surface area contributed by atoms with Crippen molar-refractivity contribution in [3.63, 3.8) is 0 Å². The molecule has 0 aliphatic carbocycles. The van der Waals surface area contributed by atoms with Crippen molar-refractivity contribution < 1.29 is 13.2 Å². The van der Waals surface area contributed by atoms with Crippen molar-refractivity contribution in [3.8, 4) is 0 Å². The number of carbonyl (C=O) groups is 1. The molecule has 0 unspecified atom stereocenters. The van der Waals surface area contributed by atoms with Gasteiger partial charge >= 0.3 is 0 Å². The van der Waals surface area contributed by atoms with Crippen LogP contribution in [0.15, 0.2) is 52.5 Å². The number of thioether (sulfide) groups is 1. The molecule has 6 nitrogen and oxygen atoms in total. The Bertz CT molecular complexity index is 866. The van der Waals surface area contributed by atoms with Gasteiger partial charge in [-0.2, -0.15) is 0 Å². The molecule has 0 radical (unpaired) electrons. The van der Waals surface area contributed by atoms with Gasteiger partial charge in [0.05, 0.1) is 10.8 Å².